The molecule has 1 amide bonds. The Hall–Kier alpha value is -3.10. The molecular weight excluding hydrogens is 402 g/mol. The second-order valence-corrected chi connectivity index (χ2v) is 8.26. The first-order valence-electron chi connectivity index (χ1n) is 8.95. The molecule has 0 unspecified atom stereocenters. The number of carbonyl (C=O) groups excluding carboxylic acids is 1. The van der Waals surface area contributed by atoms with Gasteiger partial charge in [0.2, 0.25) is 11.1 Å². The molecule has 142 valence electrons. The standard InChI is InChI=1S/C21H15N5OS2/c27-19(13-28-21-23-20(24-25-21)14-7-5-6-12-22-14)26-15-8-1-3-10-17(15)29-18-11-4-2-9-16(18)26/h1-12H,13H2,(H,23,24,25). The van der Waals surface area contributed by atoms with Gasteiger partial charge in [-0.25, -0.2) is 0 Å². The first-order chi connectivity index (χ1) is 14.3. The van der Waals surface area contributed by atoms with E-state index in [1.165, 1.54) is 11.8 Å². The van der Waals surface area contributed by atoms with E-state index in [1.54, 1.807) is 22.9 Å². The number of nitrogens with one attached hydrogen (secondary N) is 1. The number of benzene rings is 2. The number of H-pyrrole nitrogens is 1. The van der Waals surface area contributed by atoms with Crippen LogP contribution in [0.1, 0.15) is 0 Å². The number of pyridine rings is 1. The quantitative estimate of drug-likeness (QED) is 0.481. The van der Waals surface area contributed by atoms with Gasteiger partial charge in [0.1, 0.15) is 5.69 Å². The second kappa shape index (κ2) is 7.73. The van der Waals surface area contributed by atoms with Gasteiger partial charge in [-0.1, -0.05) is 53.9 Å². The third-order valence-electron chi connectivity index (χ3n) is 4.38. The number of nitrogens with zero attached hydrogens (tertiary/aromatic N) is 4. The average Bonchev–Trinajstić information content (AvgIpc) is 3.25. The summed E-state index contributed by atoms with van der Waals surface area (Å²) in [6, 6.07) is 21.5. The minimum absolute atomic E-state index is 0.0145. The molecule has 0 spiro atoms. The maximum absolute atomic E-state index is 13.2. The van der Waals surface area contributed by atoms with Crippen LogP contribution < -0.4 is 4.90 Å². The third-order valence-corrected chi connectivity index (χ3v) is 6.34. The maximum Gasteiger partial charge on any atom is 0.242 e. The molecule has 0 bridgehead atoms. The molecule has 1 aliphatic rings. The van der Waals surface area contributed by atoms with Crippen LogP contribution in [-0.4, -0.2) is 31.8 Å². The zero-order chi connectivity index (χ0) is 19.6. The molecule has 0 radical (unpaired) electrons. The number of para-hydroxylation sites is 2. The number of carbonyl (C=O) groups is 1. The Labute approximate surface area is 175 Å². The molecule has 1 N–H and O–H groups in total. The summed E-state index contributed by atoms with van der Waals surface area (Å²) in [5, 5.41) is 7.61. The molecule has 0 aliphatic carbocycles. The zero-order valence-corrected chi connectivity index (χ0v) is 16.8. The summed E-state index contributed by atoms with van der Waals surface area (Å²) in [6.07, 6.45) is 1.71. The Kier molecular flexibility index (Phi) is 4.79. The first kappa shape index (κ1) is 18.0. The number of aromatic amines is 1. The highest BCUT2D eigenvalue weighted by atomic mass is 32.2. The molecule has 1 aliphatic heterocycles. The molecule has 2 aromatic carbocycles. The van der Waals surface area contributed by atoms with Crippen molar-refractivity contribution in [3.63, 3.8) is 0 Å². The minimum Gasteiger partial charge on any atom is -0.278 e. The van der Waals surface area contributed by atoms with E-state index < -0.39 is 0 Å². The highest BCUT2D eigenvalue weighted by molar-refractivity contribution is 8.00. The number of anilines is 2. The van der Waals surface area contributed by atoms with Crippen LogP contribution in [0.25, 0.3) is 11.5 Å². The predicted octanol–water partition coefficient (Wildman–Crippen LogP) is 4.79. The average molecular weight is 418 g/mol. The minimum atomic E-state index is -0.0145. The SMILES string of the molecule is O=C(CSc1n[nH]c(-c2ccccn2)n1)N1c2ccccc2Sc2ccccc21. The van der Waals surface area contributed by atoms with Gasteiger partial charge in [0.25, 0.3) is 0 Å². The van der Waals surface area contributed by atoms with E-state index >= 15 is 0 Å². The zero-order valence-electron chi connectivity index (χ0n) is 15.1. The molecule has 6 nitrogen and oxygen atoms in total. The lowest BCUT2D eigenvalue weighted by molar-refractivity contribution is -0.115. The van der Waals surface area contributed by atoms with E-state index in [-0.39, 0.29) is 11.7 Å². The van der Waals surface area contributed by atoms with Crippen molar-refractivity contribution in [1.82, 2.24) is 20.2 Å². The Morgan fingerprint density at radius 1 is 0.966 bits per heavy atom. The number of hydrogen-bond donors (Lipinski definition) is 1. The van der Waals surface area contributed by atoms with Crippen LogP contribution >= 0.6 is 23.5 Å². The van der Waals surface area contributed by atoms with E-state index in [0.29, 0.717) is 16.7 Å². The molecule has 3 heterocycles. The normalized spacial score (nSPS) is 12.3. The van der Waals surface area contributed by atoms with Crippen molar-refractivity contribution < 1.29 is 4.79 Å². The van der Waals surface area contributed by atoms with E-state index in [9.17, 15) is 4.79 Å². The lowest BCUT2D eigenvalue weighted by Crippen LogP contribution is -2.30. The first-order valence-corrected chi connectivity index (χ1v) is 10.8. The van der Waals surface area contributed by atoms with Crippen LogP contribution in [0.4, 0.5) is 11.4 Å². The highest BCUT2D eigenvalue weighted by Crippen LogP contribution is 2.48. The van der Waals surface area contributed by atoms with Crippen molar-refractivity contribution >= 4 is 40.8 Å². The molecule has 29 heavy (non-hydrogen) atoms. The summed E-state index contributed by atoms with van der Waals surface area (Å²) >= 11 is 2.99. The topological polar surface area (TPSA) is 74.8 Å². The summed E-state index contributed by atoms with van der Waals surface area (Å²) in [5.41, 5.74) is 2.53. The maximum atomic E-state index is 13.2. The fraction of sp³-hybridized carbons (Fsp3) is 0.0476. The summed E-state index contributed by atoms with van der Waals surface area (Å²) in [7, 11) is 0. The number of fused-ring (bicyclic) bond motifs is 2. The van der Waals surface area contributed by atoms with Gasteiger partial charge in [-0.05, 0) is 36.4 Å². The molecule has 0 saturated heterocycles. The Balaban J connectivity index is 1.37. The molecule has 0 fully saturated rings. The van der Waals surface area contributed by atoms with Gasteiger partial charge in [0.15, 0.2) is 5.82 Å². The van der Waals surface area contributed by atoms with Crippen molar-refractivity contribution in [2.75, 3.05) is 10.7 Å². The fourth-order valence-electron chi connectivity index (χ4n) is 3.09. The highest BCUT2D eigenvalue weighted by Gasteiger charge is 2.28. The largest absolute Gasteiger partial charge is 0.278 e. The predicted molar refractivity (Wildman–Crippen MR) is 114 cm³/mol. The molecule has 0 saturated carbocycles. The Bertz CT molecular complexity index is 1130. The Morgan fingerprint density at radius 2 is 1.66 bits per heavy atom. The third kappa shape index (κ3) is 3.52. The number of thioether (sulfide) groups is 1. The van der Waals surface area contributed by atoms with E-state index in [0.717, 1.165) is 21.2 Å². The van der Waals surface area contributed by atoms with Crippen molar-refractivity contribution in [3.05, 3.63) is 72.9 Å². The van der Waals surface area contributed by atoms with Crippen molar-refractivity contribution in [2.24, 2.45) is 0 Å². The summed E-state index contributed by atoms with van der Waals surface area (Å²) in [6.45, 7) is 0. The molecule has 4 aromatic rings. The van der Waals surface area contributed by atoms with Crippen LogP contribution in [0.3, 0.4) is 0 Å². The number of rotatable bonds is 4. The van der Waals surface area contributed by atoms with Crippen molar-refractivity contribution in [1.29, 1.82) is 0 Å². The van der Waals surface area contributed by atoms with Crippen LogP contribution in [-0.2, 0) is 4.79 Å². The molecule has 8 heteroatoms. The van der Waals surface area contributed by atoms with Gasteiger partial charge in [0.05, 0.1) is 17.1 Å². The molecular formula is C21H15N5OS2. The van der Waals surface area contributed by atoms with E-state index in [1.807, 2.05) is 66.7 Å². The monoisotopic (exact) mass is 417 g/mol. The summed E-state index contributed by atoms with van der Waals surface area (Å²) < 4.78 is 0. The van der Waals surface area contributed by atoms with E-state index in [4.69, 9.17) is 0 Å². The summed E-state index contributed by atoms with van der Waals surface area (Å²) in [5.74, 6) is 0.803. The number of amides is 1. The lowest BCUT2D eigenvalue weighted by Gasteiger charge is -2.30. The van der Waals surface area contributed by atoms with Crippen LogP contribution in [0.5, 0.6) is 0 Å². The van der Waals surface area contributed by atoms with Crippen molar-refractivity contribution in [2.45, 2.75) is 14.9 Å². The Morgan fingerprint density at radius 3 is 2.34 bits per heavy atom. The van der Waals surface area contributed by atoms with E-state index in [2.05, 4.69) is 20.2 Å². The van der Waals surface area contributed by atoms with Gasteiger partial charge >= 0.3 is 0 Å². The number of hydrogen-bond acceptors (Lipinski definition) is 6. The molecule has 2 aromatic heterocycles. The number of aromatic nitrogens is 4. The smallest absolute Gasteiger partial charge is 0.242 e. The molecule has 0 atom stereocenters. The van der Waals surface area contributed by atoms with Crippen molar-refractivity contribution in [3.8, 4) is 11.5 Å². The van der Waals surface area contributed by atoms with Gasteiger partial charge in [0, 0.05) is 16.0 Å². The van der Waals surface area contributed by atoms with Crippen LogP contribution in [0, 0.1) is 0 Å². The van der Waals surface area contributed by atoms with Crippen LogP contribution in [0.15, 0.2) is 87.9 Å². The molecule has 5 rings (SSSR count). The van der Waals surface area contributed by atoms with Gasteiger partial charge in [-0.2, -0.15) is 4.98 Å². The lowest BCUT2D eigenvalue weighted by atomic mass is 10.2. The van der Waals surface area contributed by atoms with Crippen LogP contribution in [0.2, 0.25) is 0 Å². The fourth-order valence-corrected chi connectivity index (χ4v) is 4.80. The summed E-state index contributed by atoms with van der Waals surface area (Å²) in [4.78, 5) is 25.8. The second-order valence-electron chi connectivity index (χ2n) is 6.24. The van der Waals surface area contributed by atoms with Gasteiger partial charge < -0.3 is 0 Å². The van der Waals surface area contributed by atoms with Gasteiger partial charge in [-0.3, -0.25) is 19.8 Å². The van der Waals surface area contributed by atoms with Gasteiger partial charge in [-0.15, -0.1) is 5.10 Å².